The van der Waals surface area contributed by atoms with Crippen LogP contribution in [0.5, 0.6) is 5.75 Å². The molecular weight excluding hydrogens is 348 g/mol. The largest absolute Gasteiger partial charge is 0.497 e. The fourth-order valence-corrected chi connectivity index (χ4v) is 3.45. The summed E-state index contributed by atoms with van der Waals surface area (Å²) in [6.45, 7) is 3.61. The molecular formula is C24H20N2O2. The van der Waals surface area contributed by atoms with Crippen LogP contribution in [0.2, 0.25) is 0 Å². The molecule has 0 saturated carbocycles. The van der Waals surface area contributed by atoms with E-state index in [2.05, 4.69) is 22.3 Å². The Morgan fingerprint density at radius 1 is 0.929 bits per heavy atom. The van der Waals surface area contributed by atoms with Crippen molar-refractivity contribution < 1.29 is 9.53 Å². The molecule has 4 rings (SSSR count). The van der Waals surface area contributed by atoms with E-state index >= 15 is 0 Å². The zero-order chi connectivity index (χ0) is 19.7. The lowest BCUT2D eigenvalue weighted by Gasteiger charge is -2.14. The normalized spacial score (nSPS) is 10.8. The van der Waals surface area contributed by atoms with Crippen molar-refractivity contribution in [3.05, 3.63) is 77.9 Å². The van der Waals surface area contributed by atoms with Crippen LogP contribution in [0.3, 0.4) is 0 Å². The molecule has 4 heteroatoms. The summed E-state index contributed by atoms with van der Waals surface area (Å²) in [6.07, 6.45) is 0. The number of aromatic nitrogens is 2. The van der Waals surface area contributed by atoms with Gasteiger partial charge in [0, 0.05) is 22.1 Å². The Balaban J connectivity index is 2.07. The van der Waals surface area contributed by atoms with Crippen molar-refractivity contribution in [1.29, 1.82) is 0 Å². The standard InChI is InChI=1S/C24H20N2O2/c1-15-8-13-21-22(14-15)25-26-24(20-7-5-4-6-19(20)16(2)27)23(21)17-9-11-18(28-3)12-10-17/h4-14H,1-3H3. The Kier molecular flexibility index (Phi) is 4.62. The van der Waals surface area contributed by atoms with Crippen molar-refractivity contribution in [3.63, 3.8) is 0 Å². The highest BCUT2D eigenvalue weighted by molar-refractivity contribution is 6.06. The molecule has 0 amide bonds. The van der Waals surface area contributed by atoms with Gasteiger partial charge < -0.3 is 4.74 Å². The number of nitrogens with zero attached hydrogens (tertiary/aromatic N) is 2. The topological polar surface area (TPSA) is 52.1 Å². The summed E-state index contributed by atoms with van der Waals surface area (Å²) < 4.78 is 5.30. The maximum absolute atomic E-state index is 12.2. The average molecular weight is 368 g/mol. The summed E-state index contributed by atoms with van der Waals surface area (Å²) in [7, 11) is 1.65. The number of carbonyl (C=O) groups is 1. The van der Waals surface area contributed by atoms with Crippen LogP contribution in [-0.4, -0.2) is 23.1 Å². The number of carbonyl (C=O) groups excluding carboxylic acids is 1. The van der Waals surface area contributed by atoms with Gasteiger partial charge in [-0.15, -0.1) is 10.2 Å². The molecule has 4 nitrogen and oxygen atoms in total. The molecule has 1 aromatic heterocycles. The summed E-state index contributed by atoms with van der Waals surface area (Å²) in [4.78, 5) is 12.2. The molecule has 28 heavy (non-hydrogen) atoms. The quantitative estimate of drug-likeness (QED) is 0.447. The van der Waals surface area contributed by atoms with Crippen LogP contribution in [0.25, 0.3) is 33.3 Å². The maximum Gasteiger partial charge on any atom is 0.160 e. The van der Waals surface area contributed by atoms with Crippen LogP contribution in [0.1, 0.15) is 22.8 Å². The first-order valence-electron chi connectivity index (χ1n) is 9.10. The van der Waals surface area contributed by atoms with Crippen LogP contribution in [0.15, 0.2) is 66.7 Å². The number of aryl methyl sites for hydroxylation is 1. The predicted octanol–water partition coefficient (Wildman–Crippen LogP) is 5.48. The number of hydrogen-bond donors (Lipinski definition) is 0. The molecule has 0 radical (unpaired) electrons. The lowest BCUT2D eigenvalue weighted by molar-refractivity contribution is 0.101. The fraction of sp³-hybridized carbons (Fsp3) is 0.125. The highest BCUT2D eigenvalue weighted by atomic mass is 16.5. The van der Waals surface area contributed by atoms with Gasteiger partial charge in [0.25, 0.3) is 0 Å². The summed E-state index contributed by atoms with van der Waals surface area (Å²) in [5.74, 6) is 0.790. The molecule has 0 aliphatic carbocycles. The first-order valence-corrected chi connectivity index (χ1v) is 9.10. The molecule has 3 aromatic carbocycles. The van der Waals surface area contributed by atoms with Crippen molar-refractivity contribution in [3.8, 4) is 28.1 Å². The van der Waals surface area contributed by atoms with Crippen LogP contribution in [-0.2, 0) is 0 Å². The number of rotatable bonds is 4. The lowest BCUT2D eigenvalue weighted by atomic mass is 9.92. The number of Topliss-reactive ketones (excluding diaryl/α,β-unsaturated/α-hetero) is 1. The average Bonchev–Trinajstić information content (AvgIpc) is 2.73. The van der Waals surface area contributed by atoms with E-state index in [9.17, 15) is 4.79 Å². The van der Waals surface area contributed by atoms with E-state index < -0.39 is 0 Å². The Morgan fingerprint density at radius 3 is 2.39 bits per heavy atom. The molecule has 138 valence electrons. The summed E-state index contributed by atoms with van der Waals surface area (Å²) in [5.41, 5.74) is 6.04. The SMILES string of the molecule is COc1ccc(-c2c(-c3ccccc3C(C)=O)nnc3cc(C)ccc23)cc1. The molecule has 0 unspecified atom stereocenters. The van der Waals surface area contributed by atoms with Crippen molar-refractivity contribution in [2.75, 3.05) is 7.11 Å². The van der Waals surface area contributed by atoms with Gasteiger partial charge in [-0.1, -0.05) is 48.5 Å². The molecule has 0 bridgehead atoms. The summed E-state index contributed by atoms with van der Waals surface area (Å²) in [6, 6.07) is 21.6. The van der Waals surface area contributed by atoms with E-state index in [1.54, 1.807) is 14.0 Å². The van der Waals surface area contributed by atoms with Crippen molar-refractivity contribution >= 4 is 16.7 Å². The zero-order valence-electron chi connectivity index (χ0n) is 16.1. The summed E-state index contributed by atoms with van der Waals surface area (Å²) in [5, 5.41) is 10.00. The smallest absolute Gasteiger partial charge is 0.160 e. The van der Waals surface area contributed by atoms with Gasteiger partial charge in [0.05, 0.1) is 12.6 Å². The number of fused-ring (bicyclic) bond motifs is 1. The Bertz CT molecular complexity index is 1180. The first-order chi connectivity index (χ1) is 13.6. The highest BCUT2D eigenvalue weighted by Gasteiger charge is 2.18. The van der Waals surface area contributed by atoms with Gasteiger partial charge in [-0.3, -0.25) is 4.79 Å². The fourth-order valence-electron chi connectivity index (χ4n) is 3.45. The molecule has 0 saturated heterocycles. The van der Waals surface area contributed by atoms with Gasteiger partial charge in [0.2, 0.25) is 0 Å². The van der Waals surface area contributed by atoms with E-state index in [-0.39, 0.29) is 5.78 Å². The van der Waals surface area contributed by atoms with Gasteiger partial charge in [0.1, 0.15) is 11.4 Å². The van der Waals surface area contributed by atoms with Crippen molar-refractivity contribution in [2.24, 2.45) is 0 Å². The van der Waals surface area contributed by atoms with Crippen LogP contribution in [0.4, 0.5) is 0 Å². The molecule has 0 atom stereocenters. The minimum absolute atomic E-state index is 0.00193. The minimum atomic E-state index is 0.00193. The van der Waals surface area contributed by atoms with Gasteiger partial charge in [-0.05, 0) is 43.2 Å². The third-order valence-corrected chi connectivity index (χ3v) is 4.86. The summed E-state index contributed by atoms with van der Waals surface area (Å²) >= 11 is 0. The molecule has 1 heterocycles. The second-order valence-electron chi connectivity index (χ2n) is 6.77. The second kappa shape index (κ2) is 7.24. The molecule has 4 aromatic rings. The van der Waals surface area contributed by atoms with Gasteiger partial charge in [0.15, 0.2) is 5.78 Å². The van der Waals surface area contributed by atoms with Crippen molar-refractivity contribution in [1.82, 2.24) is 10.2 Å². The highest BCUT2D eigenvalue weighted by Crippen LogP contribution is 2.37. The van der Waals surface area contributed by atoms with E-state index in [1.165, 1.54) is 0 Å². The molecule has 0 aliphatic rings. The van der Waals surface area contributed by atoms with Gasteiger partial charge in [-0.2, -0.15) is 0 Å². The number of ketones is 1. The Labute approximate surface area is 163 Å². The molecule has 0 fully saturated rings. The zero-order valence-corrected chi connectivity index (χ0v) is 16.1. The number of benzene rings is 3. The van der Waals surface area contributed by atoms with Gasteiger partial charge >= 0.3 is 0 Å². The lowest BCUT2D eigenvalue weighted by Crippen LogP contribution is -2.01. The van der Waals surface area contributed by atoms with Crippen LogP contribution >= 0.6 is 0 Å². The van der Waals surface area contributed by atoms with Crippen LogP contribution in [0, 0.1) is 6.92 Å². The third-order valence-electron chi connectivity index (χ3n) is 4.86. The minimum Gasteiger partial charge on any atom is -0.497 e. The monoisotopic (exact) mass is 368 g/mol. The molecule has 0 N–H and O–H groups in total. The van der Waals surface area contributed by atoms with E-state index in [0.717, 1.165) is 38.9 Å². The van der Waals surface area contributed by atoms with Crippen LogP contribution < -0.4 is 4.74 Å². The van der Waals surface area contributed by atoms with E-state index in [1.807, 2.05) is 61.5 Å². The Morgan fingerprint density at radius 2 is 1.68 bits per heavy atom. The molecule has 0 spiro atoms. The predicted molar refractivity (Wildman–Crippen MR) is 112 cm³/mol. The number of hydrogen-bond acceptors (Lipinski definition) is 4. The Hall–Kier alpha value is -3.53. The van der Waals surface area contributed by atoms with Gasteiger partial charge in [-0.25, -0.2) is 0 Å². The van der Waals surface area contributed by atoms with E-state index in [0.29, 0.717) is 11.3 Å². The van der Waals surface area contributed by atoms with E-state index in [4.69, 9.17) is 4.74 Å². The third kappa shape index (κ3) is 3.14. The number of ether oxygens (including phenoxy) is 1. The second-order valence-corrected chi connectivity index (χ2v) is 6.77. The first kappa shape index (κ1) is 17.9. The van der Waals surface area contributed by atoms with Crippen molar-refractivity contribution in [2.45, 2.75) is 13.8 Å². The number of methoxy groups -OCH3 is 1. The molecule has 0 aliphatic heterocycles. The maximum atomic E-state index is 12.2.